The molecule has 2 unspecified atom stereocenters. The number of hydrogen-bond donors (Lipinski definition) is 1. The van der Waals surface area contributed by atoms with Crippen molar-refractivity contribution >= 4 is 5.97 Å². The third-order valence-corrected chi connectivity index (χ3v) is 9.06. The number of aliphatic hydroxyl groups excluding tert-OH is 1. The lowest BCUT2D eigenvalue weighted by Gasteiger charge is -2.28. The number of esters is 1. The van der Waals surface area contributed by atoms with Crippen LogP contribution in [0.5, 0.6) is 0 Å². The predicted octanol–water partition coefficient (Wildman–Crippen LogP) is 9.39. The quantitative estimate of drug-likeness (QED) is 0.109. The maximum absolute atomic E-state index is 11.9. The van der Waals surface area contributed by atoms with E-state index in [0.717, 1.165) is 38.0 Å². The van der Waals surface area contributed by atoms with Gasteiger partial charge in [0.1, 0.15) is 0 Å². The van der Waals surface area contributed by atoms with Crippen LogP contribution in [0.2, 0.25) is 0 Å². The summed E-state index contributed by atoms with van der Waals surface area (Å²) in [5, 5.41) is 9.08. The highest BCUT2D eigenvalue weighted by molar-refractivity contribution is 5.87. The zero-order chi connectivity index (χ0) is 30.2. The summed E-state index contributed by atoms with van der Waals surface area (Å²) in [5.41, 5.74) is 5.56. The molecule has 0 aliphatic heterocycles. The van der Waals surface area contributed by atoms with Crippen LogP contribution in [-0.2, 0) is 14.3 Å². The Labute approximate surface area is 255 Å². The van der Waals surface area contributed by atoms with Crippen LogP contribution in [0.3, 0.4) is 0 Å². The second kappa shape index (κ2) is 18.8. The smallest absolute Gasteiger partial charge is 0.335 e. The van der Waals surface area contributed by atoms with Crippen molar-refractivity contribution in [3.63, 3.8) is 0 Å². The molecule has 0 radical (unpaired) electrons. The second-order valence-corrected chi connectivity index (χ2v) is 12.2. The lowest BCUT2D eigenvalue weighted by molar-refractivity contribution is -0.141. The summed E-state index contributed by atoms with van der Waals surface area (Å²) in [6.07, 6.45) is 17.8. The molecule has 2 atom stereocenters. The van der Waals surface area contributed by atoms with Crippen molar-refractivity contribution in [3.8, 4) is 11.1 Å². The maximum Gasteiger partial charge on any atom is 0.335 e. The van der Waals surface area contributed by atoms with Gasteiger partial charge in [0.15, 0.2) is 0 Å². The van der Waals surface area contributed by atoms with Crippen molar-refractivity contribution in [2.45, 2.75) is 96.3 Å². The van der Waals surface area contributed by atoms with Gasteiger partial charge in [0.25, 0.3) is 0 Å². The molecule has 1 aliphatic rings. The van der Waals surface area contributed by atoms with Crippen molar-refractivity contribution in [2.75, 3.05) is 26.9 Å². The summed E-state index contributed by atoms with van der Waals surface area (Å²) in [7, 11) is 1.68. The van der Waals surface area contributed by atoms with E-state index in [0.29, 0.717) is 18.4 Å². The fourth-order valence-electron chi connectivity index (χ4n) is 6.47. The van der Waals surface area contributed by atoms with E-state index in [1.54, 1.807) is 7.11 Å². The Morgan fingerprint density at radius 2 is 1.64 bits per heavy atom. The molecule has 1 saturated carbocycles. The van der Waals surface area contributed by atoms with Crippen molar-refractivity contribution < 1.29 is 19.4 Å². The molecule has 1 fully saturated rings. The first kappa shape index (κ1) is 33.8. The third-order valence-electron chi connectivity index (χ3n) is 9.06. The summed E-state index contributed by atoms with van der Waals surface area (Å²) in [4.78, 5) is 11.9. The highest BCUT2D eigenvalue weighted by Crippen LogP contribution is 2.38. The van der Waals surface area contributed by atoms with Gasteiger partial charge in [0, 0.05) is 13.0 Å². The molecule has 0 amide bonds. The lowest BCUT2D eigenvalue weighted by Crippen LogP contribution is -2.20. The van der Waals surface area contributed by atoms with Gasteiger partial charge in [-0.15, -0.1) is 0 Å². The predicted molar refractivity (Wildman–Crippen MR) is 175 cm³/mol. The van der Waals surface area contributed by atoms with Crippen LogP contribution in [-0.4, -0.2) is 38.0 Å². The van der Waals surface area contributed by atoms with Gasteiger partial charge in [-0.1, -0.05) is 87.0 Å². The molecule has 4 heteroatoms. The Bertz CT molecular complexity index is 1080. The average molecular weight is 575 g/mol. The summed E-state index contributed by atoms with van der Waals surface area (Å²) in [5.74, 6) is 1.73. The van der Waals surface area contributed by atoms with E-state index in [1.165, 1.54) is 60.8 Å². The molecular formula is C38H54O4. The molecule has 3 rings (SSSR count). The normalized spacial score (nSPS) is 18.6. The SMILES string of the molecule is C=C(CO)C(=O)OCC(CCCC(CCC)c1ccc(-c2ccc(C3CCC(CC/C=C/C)CC3)cc2)cc1)COC. The minimum Gasteiger partial charge on any atom is -0.462 e. The number of benzene rings is 2. The first-order valence-electron chi connectivity index (χ1n) is 16.2. The zero-order valence-corrected chi connectivity index (χ0v) is 26.4. The number of methoxy groups -OCH3 is 1. The minimum absolute atomic E-state index is 0.0853. The maximum atomic E-state index is 11.9. The molecule has 230 valence electrons. The standard InChI is InChI=1S/C38H54O4/c1-5-7-8-11-30-14-16-33(17-15-30)35-22-24-37(25-23-35)36-20-18-34(19-21-36)32(10-6-2)13-9-12-31(27-41-4)28-42-38(40)29(3)26-39/h5,7,18-25,30-33,39H,3,6,8-17,26-28H2,1-2,4H3/b7-5+. The van der Waals surface area contributed by atoms with Crippen molar-refractivity contribution in [1.82, 2.24) is 0 Å². The Hall–Kier alpha value is -2.69. The molecule has 2 aromatic carbocycles. The minimum atomic E-state index is -0.532. The molecule has 0 saturated heterocycles. The molecule has 42 heavy (non-hydrogen) atoms. The van der Waals surface area contributed by atoms with E-state index >= 15 is 0 Å². The molecule has 0 spiro atoms. The first-order valence-corrected chi connectivity index (χ1v) is 16.2. The monoisotopic (exact) mass is 574 g/mol. The highest BCUT2D eigenvalue weighted by atomic mass is 16.5. The lowest BCUT2D eigenvalue weighted by atomic mass is 9.77. The van der Waals surface area contributed by atoms with Gasteiger partial charge in [-0.05, 0) is 105 Å². The largest absolute Gasteiger partial charge is 0.462 e. The number of carbonyl (C=O) groups excluding carboxylic acids is 1. The van der Waals surface area contributed by atoms with Crippen LogP contribution in [0, 0.1) is 11.8 Å². The summed E-state index contributed by atoms with van der Waals surface area (Å²) in [6.45, 7) is 8.36. The van der Waals surface area contributed by atoms with Gasteiger partial charge in [-0.3, -0.25) is 0 Å². The fraction of sp³-hybridized carbons (Fsp3) is 0.553. The second-order valence-electron chi connectivity index (χ2n) is 12.2. The van der Waals surface area contributed by atoms with Gasteiger partial charge in [-0.2, -0.15) is 0 Å². The third kappa shape index (κ3) is 10.9. The Morgan fingerprint density at radius 1 is 0.976 bits per heavy atom. The fourth-order valence-corrected chi connectivity index (χ4v) is 6.47. The molecule has 0 bridgehead atoms. The Kier molecular flexibility index (Phi) is 15.1. The topological polar surface area (TPSA) is 55.8 Å². The van der Waals surface area contributed by atoms with Crippen LogP contribution >= 0.6 is 0 Å². The molecule has 1 aliphatic carbocycles. The number of allylic oxidation sites excluding steroid dienone is 2. The van der Waals surface area contributed by atoms with Gasteiger partial charge in [0.2, 0.25) is 0 Å². The number of aliphatic hydroxyl groups is 1. The van der Waals surface area contributed by atoms with Crippen LogP contribution in [0.25, 0.3) is 11.1 Å². The van der Waals surface area contributed by atoms with Gasteiger partial charge in [-0.25, -0.2) is 4.79 Å². The highest BCUT2D eigenvalue weighted by Gasteiger charge is 2.22. The van der Waals surface area contributed by atoms with Crippen molar-refractivity contribution in [3.05, 3.63) is 84.0 Å². The van der Waals surface area contributed by atoms with Gasteiger partial charge < -0.3 is 14.6 Å². The molecule has 1 N–H and O–H groups in total. The first-order chi connectivity index (χ1) is 20.5. The van der Waals surface area contributed by atoms with E-state index in [9.17, 15) is 4.79 Å². The van der Waals surface area contributed by atoms with Crippen LogP contribution < -0.4 is 0 Å². The molecule has 4 nitrogen and oxygen atoms in total. The van der Waals surface area contributed by atoms with Crippen LogP contribution in [0.1, 0.15) is 107 Å². The summed E-state index contributed by atoms with van der Waals surface area (Å²) >= 11 is 0. The Balaban J connectivity index is 1.52. The average Bonchev–Trinajstić information content (AvgIpc) is 3.03. The number of ether oxygens (including phenoxy) is 2. The van der Waals surface area contributed by atoms with E-state index < -0.39 is 5.97 Å². The zero-order valence-electron chi connectivity index (χ0n) is 26.4. The van der Waals surface area contributed by atoms with Crippen molar-refractivity contribution in [1.29, 1.82) is 0 Å². The molecule has 0 aromatic heterocycles. The van der Waals surface area contributed by atoms with E-state index in [2.05, 4.69) is 81.1 Å². The van der Waals surface area contributed by atoms with Crippen molar-refractivity contribution in [2.24, 2.45) is 11.8 Å². The number of hydrogen-bond acceptors (Lipinski definition) is 4. The number of carbonyl (C=O) groups is 1. The molecular weight excluding hydrogens is 520 g/mol. The van der Waals surface area contributed by atoms with Gasteiger partial charge >= 0.3 is 5.97 Å². The van der Waals surface area contributed by atoms with Gasteiger partial charge in [0.05, 0.1) is 25.4 Å². The summed E-state index contributed by atoms with van der Waals surface area (Å²) in [6, 6.07) is 18.5. The number of rotatable bonds is 18. The van der Waals surface area contributed by atoms with Crippen LogP contribution in [0.4, 0.5) is 0 Å². The van der Waals surface area contributed by atoms with E-state index in [4.69, 9.17) is 14.6 Å². The molecule has 2 aromatic rings. The van der Waals surface area contributed by atoms with E-state index in [1.807, 2.05) is 0 Å². The van der Waals surface area contributed by atoms with E-state index in [-0.39, 0.29) is 24.7 Å². The summed E-state index contributed by atoms with van der Waals surface area (Å²) < 4.78 is 10.7. The van der Waals surface area contributed by atoms with Crippen LogP contribution in [0.15, 0.2) is 72.8 Å². The molecule has 0 heterocycles. The Morgan fingerprint density at radius 3 is 2.24 bits per heavy atom.